The summed E-state index contributed by atoms with van der Waals surface area (Å²) in [5.41, 5.74) is 6.17. The number of hydrogen-bond donors (Lipinski definition) is 2. The number of carbonyl (C=O) groups excluding carboxylic acids is 1. The molecule has 2 rings (SSSR count). The van der Waals surface area contributed by atoms with Gasteiger partial charge < -0.3 is 15.6 Å². The smallest absolute Gasteiger partial charge is 0.271 e. The molecular formula is C14H17FN4O. The van der Waals surface area contributed by atoms with E-state index in [1.807, 2.05) is 0 Å². The van der Waals surface area contributed by atoms with E-state index < -0.39 is 6.04 Å². The van der Waals surface area contributed by atoms with Crippen molar-refractivity contribution in [1.82, 2.24) is 14.9 Å². The lowest BCUT2D eigenvalue weighted by molar-refractivity contribution is 0.0934. The number of rotatable bonds is 5. The summed E-state index contributed by atoms with van der Waals surface area (Å²) in [6.45, 7) is 2.80. The molecule has 1 amide bonds. The molecule has 0 saturated carbocycles. The van der Waals surface area contributed by atoms with E-state index in [9.17, 15) is 9.18 Å². The van der Waals surface area contributed by atoms with Crippen LogP contribution in [0.3, 0.4) is 0 Å². The van der Waals surface area contributed by atoms with Crippen molar-refractivity contribution in [2.45, 2.75) is 19.5 Å². The van der Waals surface area contributed by atoms with E-state index in [0.29, 0.717) is 24.3 Å². The number of nitrogens with two attached hydrogens (primary N) is 1. The van der Waals surface area contributed by atoms with Gasteiger partial charge in [-0.05, 0) is 13.0 Å². The minimum Gasteiger partial charge on any atom is -0.344 e. The lowest BCUT2D eigenvalue weighted by atomic mass is 10.1. The van der Waals surface area contributed by atoms with Crippen molar-refractivity contribution >= 4 is 5.91 Å². The van der Waals surface area contributed by atoms with E-state index in [4.69, 9.17) is 5.73 Å². The molecule has 0 aliphatic rings. The summed E-state index contributed by atoms with van der Waals surface area (Å²) < 4.78 is 15.4. The molecule has 5 nitrogen and oxygen atoms in total. The number of carbonyl (C=O) groups is 1. The summed E-state index contributed by atoms with van der Waals surface area (Å²) in [5, 5.41) is 2.72. The van der Waals surface area contributed by atoms with Crippen LogP contribution in [0, 0.1) is 5.82 Å². The van der Waals surface area contributed by atoms with Crippen molar-refractivity contribution in [3.8, 4) is 0 Å². The van der Waals surface area contributed by atoms with Crippen molar-refractivity contribution in [2.75, 3.05) is 6.54 Å². The zero-order valence-corrected chi connectivity index (χ0v) is 11.2. The monoisotopic (exact) mass is 276 g/mol. The van der Waals surface area contributed by atoms with Gasteiger partial charge in [-0.3, -0.25) is 4.79 Å². The second kappa shape index (κ2) is 6.29. The summed E-state index contributed by atoms with van der Waals surface area (Å²) in [4.78, 5) is 16.0. The molecule has 2 aromatic rings. The van der Waals surface area contributed by atoms with Crippen LogP contribution in [-0.2, 0) is 6.54 Å². The Morgan fingerprint density at radius 1 is 1.50 bits per heavy atom. The third kappa shape index (κ3) is 3.21. The van der Waals surface area contributed by atoms with Gasteiger partial charge in [0.2, 0.25) is 0 Å². The first-order valence-corrected chi connectivity index (χ1v) is 6.39. The van der Waals surface area contributed by atoms with Crippen LogP contribution in [0.15, 0.2) is 36.8 Å². The number of amides is 1. The van der Waals surface area contributed by atoms with Crippen LogP contribution < -0.4 is 11.1 Å². The first-order chi connectivity index (χ1) is 9.61. The number of nitrogens with one attached hydrogen (secondary N) is 1. The highest BCUT2D eigenvalue weighted by Crippen LogP contribution is 2.16. The molecule has 3 N–H and O–H groups in total. The maximum Gasteiger partial charge on any atom is 0.271 e. The maximum absolute atomic E-state index is 13.6. The van der Waals surface area contributed by atoms with Gasteiger partial charge in [0.05, 0.1) is 12.4 Å². The molecule has 0 saturated heterocycles. The number of halogens is 1. The third-order valence-corrected chi connectivity index (χ3v) is 2.97. The molecule has 106 valence electrons. The van der Waals surface area contributed by atoms with Crippen LogP contribution in [-0.4, -0.2) is 22.0 Å². The first-order valence-electron chi connectivity index (χ1n) is 6.39. The molecule has 0 fully saturated rings. The fourth-order valence-corrected chi connectivity index (χ4v) is 1.92. The summed E-state index contributed by atoms with van der Waals surface area (Å²) in [6.07, 6.45) is 3.17. The first kappa shape index (κ1) is 14.2. The van der Waals surface area contributed by atoms with Crippen molar-refractivity contribution in [3.63, 3.8) is 0 Å². The van der Waals surface area contributed by atoms with E-state index >= 15 is 0 Å². The molecule has 0 radical (unpaired) electrons. The van der Waals surface area contributed by atoms with Gasteiger partial charge in [-0.1, -0.05) is 18.2 Å². The molecule has 0 unspecified atom stereocenters. The predicted molar refractivity (Wildman–Crippen MR) is 73.6 cm³/mol. The summed E-state index contributed by atoms with van der Waals surface area (Å²) in [6, 6.07) is 5.93. The quantitative estimate of drug-likeness (QED) is 0.868. The van der Waals surface area contributed by atoms with Crippen LogP contribution in [0.5, 0.6) is 0 Å². The Balaban J connectivity index is 2.05. The number of hydrogen-bond acceptors (Lipinski definition) is 3. The molecule has 0 aliphatic carbocycles. The lowest BCUT2D eigenvalue weighted by Gasteiger charge is -2.14. The zero-order chi connectivity index (χ0) is 14.5. The van der Waals surface area contributed by atoms with Gasteiger partial charge in [0.25, 0.3) is 5.91 Å². The van der Waals surface area contributed by atoms with Gasteiger partial charge in [-0.15, -0.1) is 0 Å². The van der Waals surface area contributed by atoms with Gasteiger partial charge in [-0.25, -0.2) is 9.37 Å². The van der Waals surface area contributed by atoms with Gasteiger partial charge in [0, 0.05) is 24.8 Å². The number of nitrogens with zero attached hydrogens (tertiary/aromatic N) is 2. The van der Waals surface area contributed by atoms with Crippen LogP contribution in [0.1, 0.15) is 29.0 Å². The van der Waals surface area contributed by atoms with Gasteiger partial charge >= 0.3 is 0 Å². The van der Waals surface area contributed by atoms with Crippen molar-refractivity contribution in [1.29, 1.82) is 0 Å². The number of imidazole rings is 1. The second-order valence-electron chi connectivity index (χ2n) is 4.50. The minimum absolute atomic E-state index is 0.293. The molecule has 0 spiro atoms. The topological polar surface area (TPSA) is 72.9 Å². The summed E-state index contributed by atoms with van der Waals surface area (Å²) in [5.74, 6) is -0.675. The van der Waals surface area contributed by atoms with E-state index in [1.165, 1.54) is 6.07 Å². The largest absolute Gasteiger partial charge is 0.344 e. The molecule has 6 heteroatoms. The highest BCUT2D eigenvalue weighted by atomic mass is 19.1. The number of aromatic nitrogens is 2. The lowest BCUT2D eigenvalue weighted by Crippen LogP contribution is -2.27. The fourth-order valence-electron chi connectivity index (χ4n) is 1.92. The van der Waals surface area contributed by atoms with E-state index in [0.717, 1.165) is 0 Å². The Kier molecular flexibility index (Phi) is 4.47. The Bertz CT molecular complexity index is 596. The normalized spacial score (nSPS) is 12.2. The average Bonchev–Trinajstić information content (AvgIpc) is 2.88. The highest BCUT2D eigenvalue weighted by Gasteiger charge is 2.15. The molecule has 1 atom stereocenters. The predicted octanol–water partition coefficient (Wildman–Crippen LogP) is 1.47. The van der Waals surface area contributed by atoms with E-state index in [-0.39, 0.29) is 11.7 Å². The van der Waals surface area contributed by atoms with Gasteiger partial charge in [0.15, 0.2) is 0 Å². The second-order valence-corrected chi connectivity index (χ2v) is 4.50. The van der Waals surface area contributed by atoms with Crippen molar-refractivity contribution in [3.05, 3.63) is 53.9 Å². The minimum atomic E-state index is -0.427. The van der Waals surface area contributed by atoms with E-state index in [2.05, 4.69) is 10.3 Å². The molecular weight excluding hydrogens is 259 g/mol. The molecule has 1 aromatic heterocycles. The standard InChI is InChI=1S/C14H17FN4O/c1-10(11-4-2-3-5-12(11)15)18-14(20)13-8-19(7-6-16)9-17-13/h2-5,8-10H,6-7,16H2,1H3,(H,18,20)/t10-/m1/s1. The Labute approximate surface area is 116 Å². The summed E-state index contributed by atoms with van der Waals surface area (Å²) >= 11 is 0. The molecule has 1 heterocycles. The van der Waals surface area contributed by atoms with Crippen LogP contribution in [0.4, 0.5) is 4.39 Å². The third-order valence-electron chi connectivity index (χ3n) is 2.97. The van der Waals surface area contributed by atoms with E-state index in [1.54, 1.807) is 42.2 Å². The van der Waals surface area contributed by atoms with Crippen LogP contribution >= 0.6 is 0 Å². The van der Waals surface area contributed by atoms with Crippen molar-refractivity contribution in [2.24, 2.45) is 5.73 Å². The fraction of sp³-hybridized carbons (Fsp3) is 0.286. The average molecular weight is 276 g/mol. The van der Waals surface area contributed by atoms with Crippen LogP contribution in [0.25, 0.3) is 0 Å². The molecule has 20 heavy (non-hydrogen) atoms. The SMILES string of the molecule is C[C@@H](NC(=O)c1cn(CCN)cn1)c1ccccc1F. The molecule has 0 aliphatic heterocycles. The summed E-state index contributed by atoms with van der Waals surface area (Å²) in [7, 11) is 0. The Morgan fingerprint density at radius 2 is 2.25 bits per heavy atom. The van der Waals surface area contributed by atoms with Crippen molar-refractivity contribution < 1.29 is 9.18 Å². The Morgan fingerprint density at radius 3 is 2.95 bits per heavy atom. The maximum atomic E-state index is 13.6. The molecule has 0 bridgehead atoms. The van der Waals surface area contributed by atoms with Gasteiger partial charge in [0.1, 0.15) is 11.5 Å². The molecule has 1 aromatic carbocycles. The Hall–Kier alpha value is -2.21. The zero-order valence-electron chi connectivity index (χ0n) is 11.2. The number of benzene rings is 1. The highest BCUT2D eigenvalue weighted by molar-refractivity contribution is 5.92. The van der Waals surface area contributed by atoms with Gasteiger partial charge in [-0.2, -0.15) is 0 Å². The van der Waals surface area contributed by atoms with Crippen LogP contribution in [0.2, 0.25) is 0 Å².